The minimum Gasteiger partial charge on any atom is -0.198 e. The Morgan fingerprint density at radius 1 is 1.00 bits per heavy atom. The van der Waals surface area contributed by atoms with E-state index in [1.54, 1.807) is 0 Å². The number of hydrogen-bond acceptors (Lipinski definition) is 2. The normalized spacial score (nSPS) is 25.2. The average molecular weight is 254 g/mol. The molecule has 0 spiro atoms. The van der Waals surface area contributed by atoms with Crippen molar-refractivity contribution >= 4 is 22.9 Å². The molecular weight excluding hydrogens is 244 g/mol. The van der Waals surface area contributed by atoms with Gasteiger partial charge in [0.05, 0.1) is 18.1 Å². The molecule has 0 saturated carbocycles. The SMILES string of the molecule is N#C[C@H]1C=Cc2ccc3cccc4c3c2[C@@]1(C#N)C=C4. The van der Waals surface area contributed by atoms with E-state index in [1.165, 1.54) is 0 Å². The van der Waals surface area contributed by atoms with E-state index in [2.05, 4.69) is 30.3 Å². The van der Waals surface area contributed by atoms with Crippen LogP contribution in [-0.4, -0.2) is 0 Å². The Labute approximate surface area is 116 Å². The van der Waals surface area contributed by atoms with Gasteiger partial charge in [0.25, 0.3) is 0 Å². The number of nitriles is 2. The van der Waals surface area contributed by atoms with Gasteiger partial charge in [0.2, 0.25) is 0 Å². The smallest absolute Gasteiger partial charge is 0.121 e. The number of benzene rings is 2. The standard InChI is InChI=1S/C18H10N2/c19-10-15-7-6-14-5-4-12-2-1-3-13-8-9-18(15,11-20)17(14)16(12)13/h1-9,15H/t15-,18-/m1/s1. The largest absolute Gasteiger partial charge is 0.198 e. The molecule has 4 rings (SSSR count). The zero-order valence-electron chi connectivity index (χ0n) is 10.7. The minimum atomic E-state index is -0.854. The summed E-state index contributed by atoms with van der Waals surface area (Å²) in [7, 11) is 0. The maximum Gasteiger partial charge on any atom is 0.121 e. The molecule has 0 heterocycles. The summed E-state index contributed by atoms with van der Waals surface area (Å²) < 4.78 is 0. The summed E-state index contributed by atoms with van der Waals surface area (Å²) in [6, 6.07) is 14.9. The fourth-order valence-corrected chi connectivity index (χ4v) is 3.37. The Morgan fingerprint density at radius 2 is 1.90 bits per heavy atom. The predicted molar refractivity (Wildman–Crippen MR) is 78.4 cm³/mol. The second-order valence-corrected chi connectivity index (χ2v) is 5.26. The molecule has 0 saturated heterocycles. The zero-order chi connectivity index (χ0) is 13.7. The second kappa shape index (κ2) is 3.59. The Balaban J connectivity index is 2.25. The Hall–Kier alpha value is -2.84. The van der Waals surface area contributed by atoms with Crippen molar-refractivity contribution in [3.63, 3.8) is 0 Å². The number of rotatable bonds is 0. The molecule has 2 aliphatic rings. The number of allylic oxidation sites excluding steroid dienone is 2. The molecule has 2 atom stereocenters. The first-order valence-electron chi connectivity index (χ1n) is 6.55. The van der Waals surface area contributed by atoms with Crippen molar-refractivity contribution in [3.05, 3.63) is 59.2 Å². The molecular formula is C18H10N2. The first-order valence-corrected chi connectivity index (χ1v) is 6.55. The first-order chi connectivity index (χ1) is 9.80. The van der Waals surface area contributed by atoms with Crippen LogP contribution in [0, 0.1) is 28.6 Å². The van der Waals surface area contributed by atoms with E-state index >= 15 is 0 Å². The topological polar surface area (TPSA) is 47.6 Å². The first kappa shape index (κ1) is 11.0. The van der Waals surface area contributed by atoms with Crippen LogP contribution >= 0.6 is 0 Å². The molecule has 0 aromatic heterocycles. The van der Waals surface area contributed by atoms with E-state index in [0.717, 1.165) is 27.5 Å². The van der Waals surface area contributed by atoms with Gasteiger partial charge in [-0.2, -0.15) is 10.5 Å². The van der Waals surface area contributed by atoms with Crippen LogP contribution in [0.5, 0.6) is 0 Å². The van der Waals surface area contributed by atoms with Crippen molar-refractivity contribution in [2.45, 2.75) is 5.41 Å². The summed E-state index contributed by atoms with van der Waals surface area (Å²) in [6.07, 6.45) is 7.68. The third-order valence-corrected chi connectivity index (χ3v) is 4.33. The summed E-state index contributed by atoms with van der Waals surface area (Å²) >= 11 is 0. The molecule has 2 aliphatic carbocycles. The fraction of sp³-hybridized carbons (Fsp3) is 0.111. The van der Waals surface area contributed by atoms with Gasteiger partial charge in [0, 0.05) is 0 Å². The molecule has 2 nitrogen and oxygen atoms in total. The maximum atomic E-state index is 9.79. The van der Waals surface area contributed by atoms with Crippen LogP contribution in [0.3, 0.4) is 0 Å². The van der Waals surface area contributed by atoms with E-state index in [9.17, 15) is 10.5 Å². The van der Waals surface area contributed by atoms with Crippen LogP contribution in [0.15, 0.2) is 42.5 Å². The van der Waals surface area contributed by atoms with Gasteiger partial charge < -0.3 is 0 Å². The molecule has 0 radical (unpaired) electrons. The van der Waals surface area contributed by atoms with Gasteiger partial charge in [0.15, 0.2) is 0 Å². The molecule has 0 aliphatic heterocycles. The van der Waals surface area contributed by atoms with Gasteiger partial charge in [-0.15, -0.1) is 0 Å². The van der Waals surface area contributed by atoms with E-state index in [1.807, 2.05) is 36.4 Å². The Morgan fingerprint density at radius 3 is 2.70 bits per heavy atom. The quantitative estimate of drug-likeness (QED) is 0.718. The molecule has 2 aromatic rings. The minimum absolute atomic E-state index is 0.435. The van der Waals surface area contributed by atoms with Gasteiger partial charge >= 0.3 is 0 Å². The lowest BCUT2D eigenvalue weighted by Gasteiger charge is -2.35. The molecule has 2 heteroatoms. The van der Waals surface area contributed by atoms with E-state index in [4.69, 9.17) is 0 Å². The lowest BCUT2D eigenvalue weighted by Crippen LogP contribution is -2.34. The predicted octanol–water partition coefficient (Wildman–Crippen LogP) is 3.79. The van der Waals surface area contributed by atoms with Crippen molar-refractivity contribution < 1.29 is 0 Å². The molecule has 2 aromatic carbocycles. The molecule has 0 fully saturated rings. The molecule has 0 amide bonds. The van der Waals surface area contributed by atoms with E-state index in [-0.39, 0.29) is 0 Å². The monoisotopic (exact) mass is 254 g/mol. The van der Waals surface area contributed by atoms with E-state index in [0.29, 0.717) is 0 Å². The third-order valence-electron chi connectivity index (χ3n) is 4.33. The summed E-state index contributed by atoms with van der Waals surface area (Å²) in [5.41, 5.74) is 2.30. The highest BCUT2D eigenvalue weighted by atomic mass is 14.5. The van der Waals surface area contributed by atoms with Crippen LogP contribution < -0.4 is 0 Å². The highest BCUT2D eigenvalue weighted by Gasteiger charge is 2.44. The van der Waals surface area contributed by atoms with Crippen LogP contribution in [0.25, 0.3) is 22.9 Å². The Kier molecular flexibility index (Phi) is 1.98. The average Bonchev–Trinajstić information content (AvgIpc) is 2.52. The van der Waals surface area contributed by atoms with Crippen LogP contribution in [-0.2, 0) is 5.41 Å². The molecule has 0 bridgehead atoms. The van der Waals surface area contributed by atoms with Crippen molar-refractivity contribution in [1.82, 2.24) is 0 Å². The highest BCUT2D eigenvalue weighted by molar-refractivity contribution is 6.00. The van der Waals surface area contributed by atoms with Gasteiger partial charge in [-0.1, -0.05) is 54.6 Å². The summed E-state index contributed by atoms with van der Waals surface area (Å²) in [5.74, 6) is -0.435. The summed E-state index contributed by atoms with van der Waals surface area (Å²) in [4.78, 5) is 0. The lowest BCUT2D eigenvalue weighted by molar-refractivity contribution is 0.587. The van der Waals surface area contributed by atoms with Crippen LogP contribution in [0.4, 0.5) is 0 Å². The lowest BCUT2D eigenvalue weighted by atomic mass is 9.63. The second-order valence-electron chi connectivity index (χ2n) is 5.26. The van der Waals surface area contributed by atoms with Crippen molar-refractivity contribution in [1.29, 1.82) is 10.5 Å². The summed E-state index contributed by atoms with van der Waals surface area (Å²) in [5, 5.41) is 21.4. The molecule has 20 heavy (non-hydrogen) atoms. The zero-order valence-corrected chi connectivity index (χ0v) is 10.7. The number of nitrogens with zero attached hydrogens (tertiary/aromatic N) is 2. The van der Waals surface area contributed by atoms with Crippen LogP contribution in [0.1, 0.15) is 16.7 Å². The van der Waals surface area contributed by atoms with Gasteiger partial charge in [0.1, 0.15) is 5.41 Å². The maximum absolute atomic E-state index is 9.79. The summed E-state index contributed by atoms with van der Waals surface area (Å²) in [6.45, 7) is 0. The van der Waals surface area contributed by atoms with Crippen molar-refractivity contribution in [2.24, 2.45) is 5.92 Å². The van der Waals surface area contributed by atoms with Gasteiger partial charge in [-0.25, -0.2) is 0 Å². The van der Waals surface area contributed by atoms with Gasteiger partial charge in [-0.3, -0.25) is 0 Å². The molecule has 0 N–H and O–H groups in total. The van der Waals surface area contributed by atoms with Crippen LogP contribution in [0.2, 0.25) is 0 Å². The molecule has 92 valence electrons. The van der Waals surface area contributed by atoms with E-state index < -0.39 is 11.3 Å². The Bertz CT molecular complexity index is 890. The number of hydrogen-bond donors (Lipinski definition) is 0. The van der Waals surface area contributed by atoms with Crippen molar-refractivity contribution in [2.75, 3.05) is 0 Å². The van der Waals surface area contributed by atoms with Crippen molar-refractivity contribution in [3.8, 4) is 12.1 Å². The van der Waals surface area contributed by atoms with Gasteiger partial charge in [-0.05, 0) is 27.5 Å². The highest BCUT2D eigenvalue weighted by Crippen LogP contribution is 2.47. The third kappa shape index (κ3) is 1.12. The molecule has 0 unspecified atom stereocenters. The fourth-order valence-electron chi connectivity index (χ4n) is 3.37.